The van der Waals surface area contributed by atoms with Crippen molar-refractivity contribution in [2.24, 2.45) is 0 Å². The second kappa shape index (κ2) is 8.49. The van der Waals surface area contributed by atoms with Gasteiger partial charge in [-0.25, -0.2) is 14.8 Å². The lowest BCUT2D eigenvalue weighted by molar-refractivity contribution is -0.144. The van der Waals surface area contributed by atoms with Gasteiger partial charge in [0.15, 0.2) is 5.13 Å². The number of carbonyl (C=O) groups is 2. The largest absolute Gasteiger partial charge is 0.460 e. The molecule has 1 fully saturated rings. The van der Waals surface area contributed by atoms with Crippen LogP contribution in [0.25, 0.3) is 10.6 Å². The third-order valence-corrected chi connectivity index (χ3v) is 6.06. The normalized spacial score (nSPS) is 14.0. The number of benzene rings is 1. The molecule has 1 aromatic carbocycles. The smallest absolute Gasteiger partial charge is 0.323 e. The Morgan fingerprint density at radius 2 is 2.14 bits per heavy atom. The fourth-order valence-corrected chi connectivity index (χ4v) is 4.43. The van der Waals surface area contributed by atoms with Gasteiger partial charge in [0.1, 0.15) is 11.6 Å². The summed E-state index contributed by atoms with van der Waals surface area (Å²) in [4.78, 5) is 35.3. The number of amides is 2. The maximum absolute atomic E-state index is 12.1. The fraction of sp³-hybridized carbons (Fsp3) is 0.263. The van der Waals surface area contributed by atoms with Crippen LogP contribution in [0.3, 0.4) is 0 Å². The molecule has 0 saturated carbocycles. The summed E-state index contributed by atoms with van der Waals surface area (Å²) < 4.78 is 5.36. The molecule has 1 saturated heterocycles. The number of hydrogen-bond donors (Lipinski definition) is 1. The van der Waals surface area contributed by atoms with Crippen molar-refractivity contribution < 1.29 is 14.3 Å². The molecule has 1 aliphatic heterocycles. The van der Waals surface area contributed by atoms with Gasteiger partial charge < -0.3 is 10.1 Å². The summed E-state index contributed by atoms with van der Waals surface area (Å²) in [6, 6.07) is 9.74. The van der Waals surface area contributed by atoms with E-state index in [4.69, 9.17) is 4.74 Å². The van der Waals surface area contributed by atoms with E-state index in [0.29, 0.717) is 23.9 Å². The first kappa shape index (κ1) is 18.6. The molecule has 1 N–H and O–H groups in total. The van der Waals surface area contributed by atoms with Gasteiger partial charge in [0.25, 0.3) is 0 Å². The Bertz CT molecular complexity index is 970. The number of nitrogens with one attached hydrogen (secondary N) is 1. The quantitative estimate of drug-likeness (QED) is 0.625. The number of carbonyl (C=O) groups excluding carboxylic acids is 2. The van der Waals surface area contributed by atoms with Crippen LogP contribution in [0.15, 0.2) is 41.9 Å². The van der Waals surface area contributed by atoms with Gasteiger partial charge in [-0.05, 0) is 6.42 Å². The number of aromatic nitrogens is 2. The monoisotopic (exact) mass is 414 g/mol. The Hall–Kier alpha value is -2.78. The van der Waals surface area contributed by atoms with Gasteiger partial charge in [0.05, 0.1) is 17.0 Å². The molecule has 9 heteroatoms. The van der Waals surface area contributed by atoms with Crippen molar-refractivity contribution in [1.29, 1.82) is 0 Å². The number of hydrogen-bond acceptors (Lipinski definition) is 7. The molecule has 7 nitrogen and oxygen atoms in total. The molecule has 2 aromatic heterocycles. The number of anilines is 1. The molecular formula is C19H18N4O3S2. The molecule has 0 bridgehead atoms. The van der Waals surface area contributed by atoms with Gasteiger partial charge in [-0.2, -0.15) is 0 Å². The van der Waals surface area contributed by atoms with E-state index < -0.39 is 0 Å². The number of ether oxygens (including phenoxy) is 1. The fourth-order valence-electron chi connectivity index (χ4n) is 2.75. The molecule has 0 atom stereocenters. The number of urea groups is 1. The van der Waals surface area contributed by atoms with Crippen LogP contribution in [0.5, 0.6) is 0 Å². The average molecular weight is 415 g/mol. The van der Waals surface area contributed by atoms with Crippen LogP contribution in [0.4, 0.5) is 9.93 Å². The van der Waals surface area contributed by atoms with Crippen molar-refractivity contribution in [3.8, 4) is 10.6 Å². The number of rotatable bonds is 6. The molecule has 28 heavy (non-hydrogen) atoms. The maximum atomic E-state index is 12.1. The van der Waals surface area contributed by atoms with Crippen LogP contribution in [-0.4, -0.2) is 35.1 Å². The predicted molar refractivity (Wildman–Crippen MR) is 109 cm³/mol. The lowest BCUT2D eigenvalue weighted by atomic mass is 10.2. The Kier molecular flexibility index (Phi) is 5.63. The van der Waals surface area contributed by atoms with Crippen molar-refractivity contribution in [3.05, 3.63) is 52.5 Å². The topological polar surface area (TPSA) is 84.4 Å². The summed E-state index contributed by atoms with van der Waals surface area (Å²) in [6.45, 7) is 1.51. The summed E-state index contributed by atoms with van der Waals surface area (Å²) in [7, 11) is 0. The number of nitrogens with zero attached hydrogens (tertiary/aromatic N) is 3. The van der Waals surface area contributed by atoms with E-state index in [-0.39, 0.29) is 25.0 Å². The zero-order valence-corrected chi connectivity index (χ0v) is 16.6. The van der Waals surface area contributed by atoms with Gasteiger partial charge in [-0.15, -0.1) is 22.7 Å². The highest BCUT2D eigenvalue weighted by molar-refractivity contribution is 7.15. The molecule has 3 heterocycles. The maximum Gasteiger partial charge on any atom is 0.323 e. The van der Waals surface area contributed by atoms with Crippen molar-refractivity contribution >= 4 is 39.8 Å². The molecule has 1 aliphatic rings. The SMILES string of the molecule is O=C(Cc1csc(N2CCCNC2=O)n1)OCc1cnc(-c2ccccc2)s1. The summed E-state index contributed by atoms with van der Waals surface area (Å²) in [5.74, 6) is -0.352. The first-order chi connectivity index (χ1) is 13.7. The van der Waals surface area contributed by atoms with Gasteiger partial charge in [0.2, 0.25) is 0 Å². The van der Waals surface area contributed by atoms with E-state index in [1.54, 1.807) is 16.5 Å². The highest BCUT2D eigenvalue weighted by atomic mass is 32.1. The second-order valence-corrected chi connectivity index (χ2v) is 8.15. The van der Waals surface area contributed by atoms with Crippen LogP contribution in [-0.2, 0) is 22.6 Å². The first-order valence-corrected chi connectivity index (χ1v) is 10.5. The standard InChI is InChI=1S/C19H18N4O3S2/c24-16(9-14-12-27-19(22-14)23-8-4-7-20-18(23)25)26-11-15-10-21-17(28-15)13-5-2-1-3-6-13/h1-3,5-6,10,12H,4,7-9,11H2,(H,20,25). The van der Waals surface area contributed by atoms with Crippen molar-refractivity contribution in [1.82, 2.24) is 15.3 Å². The zero-order valence-electron chi connectivity index (χ0n) is 15.0. The highest BCUT2D eigenvalue weighted by Crippen LogP contribution is 2.26. The lowest BCUT2D eigenvalue weighted by Crippen LogP contribution is -2.46. The van der Waals surface area contributed by atoms with Crippen molar-refractivity contribution in [3.63, 3.8) is 0 Å². The van der Waals surface area contributed by atoms with Gasteiger partial charge in [-0.3, -0.25) is 9.69 Å². The highest BCUT2D eigenvalue weighted by Gasteiger charge is 2.22. The minimum absolute atomic E-state index is 0.0797. The predicted octanol–water partition coefficient (Wildman–Crippen LogP) is 3.47. The summed E-state index contributed by atoms with van der Waals surface area (Å²) >= 11 is 2.86. The summed E-state index contributed by atoms with van der Waals surface area (Å²) in [5.41, 5.74) is 1.65. The summed E-state index contributed by atoms with van der Waals surface area (Å²) in [6.07, 6.45) is 2.69. The van der Waals surface area contributed by atoms with Crippen LogP contribution in [0.2, 0.25) is 0 Å². The number of thiazole rings is 2. The van der Waals surface area contributed by atoms with Crippen molar-refractivity contribution in [2.45, 2.75) is 19.4 Å². The lowest BCUT2D eigenvalue weighted by Gasteiger charge is -2.24. The van der Waals surface area contributed by atoms with Crippen LogP contribution < -0.4 is 10.2 Å². The van der Waals surface area contributed by atoms with E-state index in [1.807, 2.05) is 30.3 Å². The minimum Gasteiger partial charge on any atom is -0.460 e. The molecule has 0 unspecified atom stereocenters. The zero-order chi connectivity index (χ0) is 19.3. The Morgan fingerprint density at radius 1 is 1.29 bits per heavy atom. The molecule has 0 radical (unpaired) electrons. The number of esters is 1. The van der Waals surface area contributed by atoms with Crippen LogP contribution in [0.1, 0.15) is 17.0 Å². The Morgan fingerprint density at radius 3 is 2.96 bits per heavy atom. The van der Waals surface area contributed by atoms with Crippen LogP contribution >= 0.6 is 22.7 Å². The minimum atomic E-state index is -0.352. The Labute approximate surface area is 170 Å². The third kappa shape index (κ3) is 4.37. The van der Waals surface area contributed by atoms with E-state index in [2.05, 4.69) is 15.3 Å². The van der Waals surface area contributed by atoms with Gasteiger partial charge >= 0.3 is 12.0 Å². The molecule has 0 spiro atoms. The van der Waals surface area contributed by atoms with Crippen LogP contribution in [0, 0.1) is 0 Å². The first-order valence-electron chi connectivity index (χ1n) is 8.84. The molecule has 0 aliphatic carbocycles. The molecule has 2 amide bonds. The van der Waals surface area contributed by atoms with E-state index in [1.165, 1.54) is 22.7 Å². The van der Waals surface area contributed by atoms with Gasteiger partial charge in [-0.1, -0.05) is 30.3 Å². The molecule has 3 aromatic rings. The molecule has 4 rings (SSSR count). The Balaban J connectivity index is 1.30. The van der Waals surface area contributed by atoms with E-state index in [9.17, 15) is 9.59 Å². The third-order valence-electron chi connectivity index (χ3n) is 4.13. The van der Waals surface area contributed by atoms with E-state index >= 15 is 0 Å². The van der Waals surface area contributed by atoms with Crippen molar-refractivity contribution in [2.75, 3.05) is 18.0 Å². The van der Waals surface area contributed by atoms with E-state index in [0.717, 1.165) is 21.9 Å². The average Bonchev–Trinajstić information content (AvgIpc) is 3.37. The summed E-state index contributed by atoms with van der Waals surface area (Å²) in [5, 5.41) is 6.09. The molecular weight excluding hydrogens is 396 g/mol. The molecule has 144 valence electrons. The van der Waals surface area contributed by atoms with Gasteiger partial charge in [0, 0.05) is 30.2 Å². The second-order valence-electron chi connectivity index (χ2n) is 6.19.